The van der Waals surface area contributed by atoms with Gasteiger partial charge >= 0.3 is 0 Å². The molecule has 0 bridgehead atoms. The molecule has 2 aromatic rings. The van der Waals surface area contributed by atoms with Crippen molar-refractivity contribution >= 4 is 5.91 Å². The number of hydrogen-bond donors (Lipinski definition) is 1. The second-order valence-corrected chi connectivity index (χ2v) is 5.85. The minimum atomic E-state index is -0.0514. The molecule has 1 amide bonds. The fourth-order valence-electron chi connectivity index (χ4n) is 2.56. The van der Waals surface area contributed by atoms with Crippen molar-refractivity contribution in [3.05, 3.63) is 59.7 Å². The van der Waals surface area contributed by atoms with Gasteiger partial charge in [0.15, 0.2) is 0 Å². The molecule has 25 heavy (non-hydrogen) atoms. The Hall–Kier alpha value is -2.53. The maximum absolute atomic E-state index is 11.5. The number of hydrazine groups is 1. The Kier molecular flexibility index (Phi) is 7.29. The smallest absolute Gasteiger partial charge is 0.231 e. The Bertz CT molecular complexity index is 602. The second-order valence-electron chi connectivity index (χ2n) is 5.85. The molecule has 0 spiro atoms. The number of carbonyl (C=O) groups excluding carboxylic acids is 1. The van der Waals surface area contributed by atoms with Crippen LogP contribution in [0.15, 0.2) is 48.5 Å². The lowest BCUT2D eigenvalue weighted by Gasteiger charge is -2.22. The fraction of sp³-hybridized carbons (Fsp3) is 0.350. The molecule has 0 aliphatic rings. The maximum atomic E-state index is 11.5. The number of nitrogens with zero attached hydrogens (tertiary/aromatic N) is 1. The van der Waals surface area contributed by atoms with Gasteiger partial charge in [-0.1, -0.05) is 24.3 Å². The predicted octanol–water partition coefficient (Wildman–Crippen LogP) is 2.84. The molecule has 2 aromatic carbocycles. The summed E-state index contributed by atoms with van der Waals surface area (Å²) in [6, 6.07) is 16.0. The predicted molar refractivity (Wildman–Crippen MR) is 98.8 cm³/mol. The normalized spacial score (nSPS) is 10.6. The van der Waals surface area contributed by atoms with E-state index < -0.39 is 0 Å². The van der Waals surface area contributed by atoms with Crippen molar-refractivity contribution in [2.45, 2.75) is 19.8 Å². The van der Waals surface area contributed by atoms with E-state index >= 15 is 0 Å². The highest BCUT2D eigenvalue weighted by Gasteiger charge is 2.07. The van der Waals surface area contributed by atoms with E-state index in [2.05, 4.69) is 5.43 Å². The largest absolute Gasteiger partial charge is 0.497 e. The molecule has 0 radical (unpaired) electrons. The van der Waals surface area contributed by atoms with Gasteiger partial charge in [-0.25, -0.2) is 5.01 Å². The third kappa shape index (κ3) is 6.47. The zero-order valence-electron chi connectivity index (χ0n) is 15.1. The van der Waals surface area contributed by atoms with Crippen LogP contribution >= 0.6 is 0 Å². The van der Waals surface area contributed by atoms with Gasteiger partial charge in [0.2, 0.25) is 5.91 Å². The summed E-state index contributed by atoms with van der Waals surface area (Å²) in [4.78, 5) is 11.5. The SMILES string of the molecule is COc1ccc(CCN(CCc2ccc(OC)cc2)NC(C)=O)cc1. The zero-order chi connectivity index (χ0) is 18.1. The molecule has 0 aliphatic carbocycles. The first kappa shape index (κ1) is 18.8. The van der Waals surface area contributed by atoms with E-state index in [-0.39, 0.29) is 5.91 Å². The summed E-state index contributed by atoms with van der Waals surface area (Å²) in [5, 5.41) is 1.97. The van der Waals surface area contributed by atoms with Gasteiger partial charge in [0, 0.05) is 20.0 Å². The molecule has 0 atom stereocenters. The molecule has 5 heteroatoms. The van der Waals surface area contributed by atoms with E-state index in [0.29, 0.717) is 0 Å². The van der Waals surface area contributed by atoms with Gasteiger partial charge in [0.25, 0.3) is 0 Å². The minimum absolute atomic E-state index is 0.0514. The topological polar surface area (TPSA) is 50.8 Å². The Morgan fingerprint density at radius 2 is 1.24 bits per heavy atom. The molecule has 5 nitrogen and oxygen atoms in total. The first-order valence-electron chi connectivity index (χ1n) is 8.38. The number of hydrogen-bond acceptors (Lipinski definition) is 4. The van der Waals surface area contributed by atoms with Crippen LogP contribution in [0, 0.1) is 0 Å². The molecule has 0 saturated heterocycles. The van der Waals surface area contributed by atoms with Crippen LogP contribution in [0.3, 0.4) is 0 Å². The lowest BCUT2D eigenvalue weighted by atomic mass is 10.1. The quantitative estimate of drug-likeness (QED) is 0.712. The highest BCUT2D eigenvalue weighted by molar-refractivity contribution is 5.72. The second kappa shape index (κ2) is 9.69. The zero-order valence-corrected chi connectivity index (χ0v) is 15.1. The Balaban J connectivity index is 1.89. The molecular weight excluding hydrogens is 316 g/mol. The van der Waals surface area contributed by atoms with Gasteiger partial charge in [-0.3, -0.25) is 10.2 Å². The first-order chi connectivity index (χ1) is 12.1. The lowest BCUT2D eigenvalue weighted by molar-refractivity contribution is -0.123. The molecule has 0 aromatic heterocycles. The summed E-state index contributed by atoms with van der Waals surface area (Å²) in [6.07, 6.45) is 1.71. The summed E-state index contributed by atoms with van der Waals surface area (Å²) in [7, 11) is 3.32. The molecule has 0 heterocycles. The number of methoxy groups -OCH3 is 2. The average molecular weight is 342 g/mol. The van der Waals surface area contributed by atoms with Crippen molar-refractivity contribution < 1.29 is 14.3 Å². The third-order valence-electron chi connectivity index (χ3n) is 3.97. The Morgan fingerprint density at radius 3 is 1.56 bits per heavy atom. The maximum Gasteiger partial charge on any atom is 0.231 e. The molecule has 0 saturated carbocycles. The monoisotopic (exact) mass is 342 g/mol. The number of benzene rings is 2. The van der Waals surface area contributed by atoms with Crippen molar-refractivity contribution in [2.24, 2.45) is 0 Å². The van der Waals surface area contributed by atoms with E-state index in [9.17, 15) is 4.79 Å². The van der Waals surface area contributed by atoms with Gasteiger partial charge < -0.3 is 9.47 Å². The van der Waals surface area contributed by atoms with Gasteiger partial charge in [-0.2, -0.15) is 0 Å². The van der Waals surface area contributed by atoms with Crippen LogP contribution in [0.25, 0.3) is 0 Å². The van der Waals surface area contributed by atoms with Crippen molar-refractivity contribution in [1.82, 2.24) is 10.4 Å². The minimum Gasteiger partial charge on any atom is -0.497 e. The van der Waals surface area contributed by atoms with E-state index in [0.717, 1.165) is 37.4 Å². The Morgan fingerprint density at radius 1 is 0.840 bits per heavy atom. The molecule has 0 unspecified atom stereocenters. The first-order valence-corrected chi connectivity index (χ1v) is 8.38. The number of carbonyl (C=O) groups is 1. The average Bonchev–Trinajstić information content (AvgIpc) is 2.64. The Labute approximate surface area is 149 Å². The lowest BCUT2D eigenvalue weighted by Crippen LogP contribution is -2.43. The highest BCUT2D eigenvalue weighted by Crippen LogP contribution is 2.13. The summed E-state index contributed by atoms with van der Waals surface area (Å²) in [5.74, 6) is 1.65. The molecule has 134 valence electrons. The van der Waals surface area contributed by atoms with Gasteiger partial charge in [0.1, 0.15) is 11.5 Å². The number of ether oxygens (including phenoxy) is 2. The standard InChI is InChI=1S/C20H26N2O3/c1-16(23)21-22(14-12-17-4-8-19(24-2)9-5-17)15-13-18-6-10-20(25-3)11-7-18/h4-11H,12-15H2,1-3H3,(H,21,23). The van der Waals surface area contributed by atoms with E-state index in [1.807, 2.05) is 53.5 Å². The fourth-order valence-corrected chi connectivity index (χ4v) is 2.56. The summed E-state index contributed by atoms with van der Waals surface area (Å²) in [6.45, 7) is 3.04. The number of amides is 1. The molecular formula is C20H26N2O3. The van der Waals surface area contributed by atoms with E-state index in [1.54, 1.807) is 14.2 Å². The highest BCUT2D eigenvalue weighted by atomic mass is 16.5. The van der Waals surface area contributed by atoms with E-state index in [4.69, 9.17) is 9.47 Å². The van der Waals surface area contributed by atoms with Crippen LogP contribution in [-0.2, 0) is 17.6 Å². The molecule has 0 aliphatic heterocycles. The van der Waals surface area contributed by atoms with Crippen LogP contribution in [0.1, 0.15) is 18.1 Å². The molecule has 2 rings (SSSR count). The van der Waals surface area contributed by atoms with Crippen LogP contribution in [0.5, 0.6) is 11.5 Å². The summed E-state index contributed by atoms with van der Waals surface area (Å²) < 4.78 is 10.4. The van der Waals surface area contributed by atoms with Crippen molar-refractivity contribution in [2.75, 3.05) is 27.3 Å². The van der Waals surface area contributed by atoms with E-state index in [1.165, 1.54) is 18.1 Å². The number of nitrogens with one attached hydrogen (secondary N) is 1. The summed E-state index contributed by atoms with van der Waals surface area (Å²) >= 11 is 0. The van der Waals surface area contributed by atoms with Gasteiger partial charge in [0.05, 0.1) is 14.2 Å². The third-order valence-corrected chi connectivity index (χ3v) is 3.97. The van der Waals surface area contributed by atoms with Crippen molar-refractivity contribution in [1.29, 1.82) is 0 Å². The molecule has 1 N–H and O–H groups in total. The van der Waals surface area contributed by atoms with Crippen LogP contribution in [0.2, 0.25) is 0 Å². The molecule has 0 fully saturated rings. The van der Waals surface area contributed by atoms with Crippen LogP contribution in [-0.4, -0.2) is 38.2 Å². The van der Waals surface area contributed by atoms with Crippen molar-refractivity contribution in [3.63, 3.8) is 0 Å². The summed E-state index contributed by atoms with van der Waals surface area (Å²) in [5.41, 5.74) is 5.33. The number of rotatable bonds is 9. The van der Waals surface area contributed by atoms with Crippen LogP contribution in [0.4, 0.5) is 0 Å². The van der Waals surface area contributed by atoms with Gasteiger partial charge in [-0.15, -0.1) is 0 Å². The van der Waals surface area contributed by atoms with Gasteiger partial charge in [-0.05, 0) is 48.2 Å². The van der Waals surface area contributed by atoms with Crippen LogP contribution < -0.4 is 14.9 Å². The van der Waals surface area contributed by atoms with Crippen molar-refractivity contribution in [3.8, 4) is 11.5 Å².